The van der Waals surface area contributed by atoms with E-state index in [1.54, 1.807) is 0 Å². The van der Waals surface area contributed by atoms with Crippen molar-refractivity contribution < 1.29 is 36.6 Å². The van der Waals surface area contributed by atoms with E-state index in [0.29, 0.717) is 0 Å². The summed E-state index contributed by atoms with van der Waals surface area (Å²) in [6, 6.07) is 0. The predicted octanol–water partition coefficient (Wildman–Crippen LogP) is -1.58. The molecule has 0 radical (unpaired) electrons. The molecule has 0 rings (SSSR count). The van der Waals surface area contributed by atoms with Crippen LogP contribution in [0.4, 0.5) is 13.2 Å². The van der Waals surface area contributed by atoms with Crippen molar-refractivity contribution in [1.82, 2.24) is 9.44 Å². The van der Waals surface area contributed by atoms with E-state index in [2.05, 4.69) is 0 Å². The van der Waals surface area contributed by atoms with Gasteiger partial charge in [0.15, 0.2) is 6.10 Å². The highest BCUT2D eigenvalue weighted by atomic mass is 32.2. The largest absolute Gasteiger partial charge is 0.479 e. The van der Waals surface area contributed by atoms with E-state index in [0.717, 1.165) is 4.72 Å². The lowest BCUT2D eigenvalue weighted by atomic mass is 10.4. The van der Waals surface area contributed by atoms with Gasteiger partial charge in [0.1, 0.15) is 6.54 Å². The molecule has 7 nitrogen and oxygen atoms in total. The minimum atomic E-state index is -4.72. The lowest BCUT2D eigenvalue weighted by molar-refractivity contribution is -0.146. The number of aliphatic hydroxyl groups excluding tert-OH is 1. The van der Waals surface area contributed by atoms with Gasteiger partial charge in [-0.3, -0.25) is 0 Å². The van der Waals surface area contributed by atoms with Gasteiger partial charge >= 0.3 is 12.1 Å². The lowest BCUT2D eigenvalue weighted by Crippen LogP contribution is -2.45. The normalized spacial score (nSPS) is 14.8. The van der Waals surface area contributed by atoms with E-state index in [4.69, 9.17) is 10.2 Å². The molecule has 0 saturated carbocycles. The van der Waals surface area contributed by atoms with E-state index < -0.39 is 41.5 Å². The van der Waals surface area contributed by atoms with Gasteiger partial charge in [0, 0.05) is 6.54 Å². The quantitative estimate of drug-likeness (QED) is 0.463. The summed E-state index contributed by atoms with van der Waals surface area (Å²) >= 11 is 0. The molecule has 0 aromatic rings. The van der Waals surface area contributed by atoms with Crippen LogP contribution in [0.15, 0.2) is 0 Å². The molecular weight excluding hydrogens is 257 g/mol. The van der Waals surface area contributed by atoms with Gasteiger partial charge in [-0.25, -0.2) is 4.79 Å². The second kappa shape index (κ2) is 5.43. The molecule has 96 valence electrons. The topological polar surface area (TPSA) is 116 Å². The first-order valence-electron chi connectivity index (χ1n) is 3.75. The minimum absolute atomic E-state index is 0.928. The van der Waals surface area contributed by atoms with Crippen LogP contribution in [0.25, 0.3) is 0 Å². The van der Waals surface area contributed by atoms with E-state index >= 15 is 0 Å². The van der Waals surface area contributed by atoms with Crippen molar-refractivity contribution in [3.05, 3.63) is 0 Å². The van der Waals surface area contributed by atoms with E-state index in [-0.39, 0.29) is 0 Å². The standard InChI is InChI=1S/C5H9F3N2O5S/c6-5(7,8)2-10-16(14,15)9-1-3(11)4(12)13/h3,9-11H,1-2H2,(H,12,13)/t3-/m0/s1. The van der Waals surface area contributed by atoms with Crippen molar-refractivity contribution in [3.8, 4) is 0 Å². The molecule has 0 aliphatic heterocycles. The van der Waals surface area contributed by atoms with Crippen LogP contribution in [0.5, 0.6) is 0 Å². The maximum Gasteiger partial charge on any atom is 0.402 e. The van der Waals surface area contributed by atoms with Crippen molar-refractivity contribution in [3.63, 3.8) is 0 Å². The molecule has 0 spiro atoms. The van der Waals surface area contributed by atoms with Crippen LogP contribution in [-0.4, -0.2) is 50.0 Å². The summed E-state index contributed by atoms with van der Waals surface area (Å²) in [5, 5.41) is 16.8. The second-order valence-corrected chi connectivity index (χ2v) is 4.23. The van der Waals surface area contributed by atoms with E-state index in [1.807, 2.05) is 0 Å². The number of carboxylic acid groups (broad SMARTS) is 1. The minimum Gasteiger partial charge on any atom is -0.479 e. The smallest absolute Gasteiger partial charge is 0.402 e. The average molecular weight is 266 g/mol. The van der Waals surface area contributed by atoms with Gasteiger partial charge in [-0.1, -0.05) is 0 Å². The van der Waals surface area contributed by atoms with Gasteiger partial charge in [0.25, 0.3) is 10.2 Å². The molecule has 0 bridgehead atoms. The van der Waals surface area contributed by atoms with Crippen molar-refractivity contribution in [2.75, 3.05) is 13.1 Å². The number of alkyl halides is 3. The molecule has 0 amide bonds. The fourth-order valence-electron chi connectivity index (χ4n) is 0.504. The molecule has 4 N–H and O–H groups in total. The van der Waals surface area contributed by atoms with Crippen LogP contribution in [0.1, 0.15) is 0 Å². The molecule has 0 unspecified atom stereocenters. The Balaban J connectivity index is 4.12. The van der Waals surface area contributed by atoms with Crippen molar-refractivity contribution in [2.45, 2.75) is 12.3 Å². The number of carboxylic acids is 1. The van der Waals surface area contributed by atoms with Crippen LogP contribution in [0, 0.1) is 0 Å². The highest BCUT2D eigenvalue weighted by Crippen LogP contribution is 2.12. The Bertz CT molecular complexity index is 340. The molecule has 0 fully saturated rings. The highest BCUT2D eigenvalue weighted by molar-refractivity contribution is 7.87. The fraction of sp³-hybridized carbons (Fsp3) is 0.800. The summed E-state index contributed by atoms with van der Waals surface area (Å²) in [5.41, 5.74) is 0. The number of hydrogen-bond donors (Lipinski definition) is 4. The van der Waals surface area contributed by atoms with Gasteiger partial charge in [0.05, 0.1) is 0 Å². The number of halogens is 3. The van der Waals surface area contributed by atoms with Crippen molar-refractivity contribution in [1.29, 1.82) is 0 Å². The highest BCUT2D eigenvalue weighted by Gasteiger charge is 2.29. The van der Waals surface area contributed by atoms with Gasteiger partial charge in [0.2, 0.25) is 0 Å². The molecule has 11 heteroatoms. The Morgan fingerprint density at radius 3 is 2.19 bits per heavy atom. The van der Waals surface area contributed by atoms with Crippen LogP contribution in [-0.2, 0) is 15.0 Å². The molecular formula is C5H9F3N2O5S. The van der Waals surface area contributed by atoms with Gasteiger partial charge < -0.3 is 10.2 Å². The molecule has 0 saturated heterocycles. The Labute approximate surface area is 88.4 Å². The molecule has 0 aromatic heterocycles. The van der Waals surface area contributed by atoms with Crippen LogP contribution >= 0.6 is 0 Å². The summed E-state index contributed by atoms with van der Waals surface area (Å²) in [6.45, 7) is -2.71. The number of aliphatic hydroxyl groups is 1. The maximum atomic E-state index is 11.6. The SMILES string of the molecule is O=C(O)[C@@H](O)CNS(=O)(=O)NCC(F)(F)F. The number of hydrogen-bond acceptors (Lipinski definition) is 4. The molecule has 1 atom stereocenters. The van der Waals surface area contributed by atoms with Crippen molar-refractivity contribution >= 4 is 16.2 Å². The van der Waals surface area contributed by atoms with Crippen LogP contribution < -0.4 is 9.44 Å². The molecule has 0 aliphatic carbocycles. The first-order valence-corrected chi connectivity index (χ1v) is 5.24. The molecule has 16 heavy (non-hydrogen) atoms. The summed E-state index contributed by atoms with van der Waals surface area (Å²) < 4.78 is 59.0. The number of nitrogens with one attached hydrogen (secondary N) is 2. The second-order valence-electron chi connectivity index (χ2n) is 2.64. The van der Waals surface area contributed by atoms with Gasteiger partial charge in [-0.15, -0.1) is 0 Å². The maximum absolute atomic E-state index is 11.6. The Morgan fingerprint density at radius 1 is 1.31 bits per heavy atom. The Kier molecular flexibility index (Phi) is 5.12. The first-order chi connectivity index (χ1) is 7.03. The lowest BCUT2D eigenvalue weighted by Gasteiger charge is -2.11. The van der Waals surface area contributed by atoms with E-state index in [1.165, 1.54) is 4.72 Å². The van der Waals surface area contributed by atoms with Gasteiger partial charge in [-0.2, -0.15) is 31.0 Å². The third-order valence-electron chi connectivity index (χ3n) is 1.21. The fourth-order valence-corrected chi connectivity index (χ4v) is 1.34. The summed E-state index contributed by atoms with van der Waals surface area (Å²) in [4.78, 5) is 10.0. The van der Waals surface area contributed by atoms with Crippen LogP contribution in [0.3, 0.4) is 0 Å². The van der Waals surface area contributed by atoms with E-state index in [9.17, 15) is 26.4 Å². The monoisotopic (exact) mass is 266 g/mol. The number of carbonyl (C=O) groups is 1. The van der Waals surface area contributed by atoms with Crippen LogP contribution in [0.2, 0.25) is 0 Å². The number of aliphatic carboxylic acids is 1. The van der Waals surface area contributed by atoms with Gasteiger partial charge in [-0.05, 0) is 0 Å². The zero-order chi connectivity index (χ0) is 13.0. The zero-order valence-electron chi connectivity index (χ0n) is 7.65. The Morgan fingerprint density at radius 2 is 1.81 bits per heavy atom. The first kappa shape index (κ1) is 15.1. The number of rotatable bonds is 6. The molecule has 0 heterocycles. The molecule has 0 aliphatic rings. The third kappa shape index (κ3) is 7.39. The summed E-state index contributed by atoms with van der Waals surface area (Å²) in [7, 11) is -4.49. The van der Waals surface area contributed by atoms with Crippen molar-refractivity contribution in [2.24, 2.45) is 0 Å². The summed E-state index contributed by atoms with van der Waals surface area (Å²) in [5.74, 6) is -1.70. The zero-order valence-corrected chi connectivity index (χ0v) is 8.47. The Hall–Kier alpha value is -0.910. The average Bonchev–Trinajstić information content (AvgIpc) is 2.10. The predicted molar refractivity (Wildman–Crippen MR) is 44.6 cm³/mol. The summed E-state index contributed by atoms with van der Waals surface area (Å²) in [6.07, 6.45) is -6.75. The third-order valence-corrected chi connectivity index (χ3v) is 2.29. The molecule has 0 aromatic carbocycles.